The molecule has 290 valence electrons. The average Bonchev–Trinajstić information content (AvgIpc) is 3.73. The molecule has 0 amide bonds. The van der Waals surface area contributed by atoms with E-state index in [9.17, 15) is 0 Å². The molecule has 12 rings (SSSR count). The Morgan fingerprint density at radius 1 is 0.339 bits per heavy atom. The minimum absolute atomic E-state index is 0.617. The Balaban J connectivity index is 1.04. The predicted molar refractivity (Wildman–Crippen MR) is 256 cm³/mol. The highest BCUT2D eigenvalue weighted by Gasteiger charge is 2.23. The van der Waals surface area contributed by atoms with Gasteiger partial charge in [-0.25, -0.2) is 15.0 Å². The second-order valence-electron chi connectivity index (χ2n) is 15.6. The van der Waals surface area contributed by atoms with E-state index in [0.29, 0.717) is 17.5 Å². The molecule has 0 N–H and O–H groups in total. The van der Waals surface area contributed by atoms with Crippen molar-refractivity contribution in [1.29, 1.82) is 0 Å². The van der Waals surface area contributed by atoms with E-state index in [1.807, 2.05) is 36.4 Å². The van der Waals surface area contributed by atoms with Gasteiger partial charge in [-0.2, -0.15) is 0 Å². The first kappa shape index (κ1) is 35.5. The van der Waals surface area contributed by atoms with Gasteiger partial charge in [0.15, 0.2) is 17.5 Å². The van der Waals surface area contributed by atoms with Crippen LogP contribution in [-0.4, -0.2) is 15.0 Å². The van der Waals surface area contributed by atoms with Crippen LogP contribution in [0.3, 0.4) is 0 Å². The number of furan rings is 1. The molecule has 0 aliphatic heterocycles. The molecular weight excluding hydrogens is 757 g/mol. The van der Waals surface area contributed by atoms with E-state index in [1.54, 1.807) is 0 Å². The van der Waals surface area contributed by atoms with Gasteiger partial charge in [-0.15, -0.1) is 0 Å². The second-order valence-corrected chi connectivity index (χ2v) is 15.6. The maximum atomic E-state index is 6.84. The summed E-state index contributed by atoms with van der Waals surface area (Å²) in [6.07, 6.45) is 0. The van der Waals surface area contributed by atoms with Gasteiger partial charge < -0.3 is 9.32 Å². The van der Waals surface area contributed by atoms with Gasteiger partial charge in [0.2, 0.25) is 0 Å². The third kappa shape index (κ3) is 6.14. The Morgan fingerprint density at radius 2 is 0.887 bits per heavy atom. The van der Waals surface area contributed by atoms with Crippen molar-refractivity contribution < 1.29 is 4.42 Å². The molecule has 2 heterocycles. The van der Waals surface area contributed by atoms with Crippen LogP contribution in [-0.2, 0) is 0 Å². The van der Waals surface area contributed by atoms with Gasteiger partial charge in [0.1, 0.15) is 11.2 Å². The monoisotopic (exact) mass is 792 g/mol. The molecule has 2 aromatic heterocycles. The molecule has 0 unspecified atom stereocenters. The number of hydrogen-bond acceptors (Lipinski definition) is 5. The zero-order valence-corrected chi connectivity index (χ0v) is 33.5. The smallest absolute Gasteiger partial charge is 0.164 e. The highest BCUT2D eigenvalue weighted by molar-refractivity contribution is 6.23. The first-order chi connectivity index (χ1) is 30.7. The van der Waals surface area contributed by atoms with Crippen molar-refractivity contribution in [3.05, 3.63) is 218 Å². The average molecular weight is 793 g/mol. The van der Waals surface area contributed by atoms with E-state index in [4.69, 9.17) is 19.4 Å². The molecule has 10 aromatic carbocycles. The van der Waals surface area contributed by atoms with Crippen LogP contribution in [0.4, 0.5) is 17.1 Å². The Hall–Kier alpha value is -8.41. The van der Waals surface area contributed by atoms with Crippen molar-refractivity contribution in [3.8, 4) is 45.3 Å². The normalized spacial score (nSPS) is 11.5. The molecule has 62 heavy (non-hydrogen) atoms. The molecule has 12 aromatic rings. The number of aromatic nitrogens is 3. The summed E-state index contributed by atoms with van der Waals surface area (Å²) in [4.78, 5) is 17.5. The fraction of sp³-hybridized carbons (Fsp3) is 0. The Kier molecular flexibility index (Phi) is 8.42. The molecule has 0 aliphatic carbocycles. The molecule has 0 spiro atoms. The Labute approximate surface area is 357 Å². The summed E-state index contributed by atoms with van der Waals surface area (Å²) in [5, 5.41) is 8.97. The molecule has 0 aliphatic rings. The minimum atomic E-state index is 0.617. The van der Waals surface area contributed by atoms with Crippen LogP contribution in [0.1, 0.15) is 0 Å². The van der Waals surface area contributed by atoms with Crippen LogP contribution in [0.25, 0.3) is 99.5 Å². The number of para-hydroxylation sites is 2. The van der Waals surface area contributed by atoms with Crippen LogP contribution >= 0.6 is 0 Å². The lowest BCUT2D eigenvalue weighted by Crippen LogP contribution is -2.10. The highest BCUT2D eigenvalue weighted by Crippen LogP contribution is 2.47. The molecule has 5 heteroatoms. The van der Waals surface area contributed by atoms with Crippen molar-refractivity contribution >= 4 is 71.3 Å². The molecule has 0 saturated heterocycles. The largest absolute Gasteiger partial charge is 0.455 e. The van der Waals surface area contributed by atoms with Gasteiger partial charge in [0.05, 0.1) is 5.69 Å². The third-order valence-corrected chi connectivity index (χ3v) is 11.9. The standard InChI is InChI=1S/C57H36N4O/c1-3-16-40(17-4-1)55-58-56(60-57(59-55)44-31-26-37-14-7-9-18-42(37)34-44)41-29-27-39(28-30-41)49-36-50-47-22-11-12-25-52(47)62-54(50)53-48(49)23-13-24-51(53)61(45-20-5-2-6-21-45)46-33-32-38-15-8-10-19-43(38)35-46/h1-36H. The van der Waals surface area contributed by atoms with Crippen molar-refractivity contribution in [2.45, 2.75) is 0 Å². The van der Waals surface area contributed by atoms with Crippen LogP contribution in [0, 0.1) is 0 Å². The van der Waals surface area contributed by atoms with E-state index in [2.05, 4.69) is 187 Å². The maximum Gasteiger partial charge on any atom is 0.164 e. The Bertz CT molecular complexity index is 3640. The lowest BCUT2D eigenvalue weighted by atomic mass is 9.93. The number of rotatable bonds is 7. The number of fused-ring (bicyclic) bond motifs is 7. The summed E-state index contributed by atoms with van der Waals surface area (Å²) >= 11 is 0. The van der Waals surface area contributed by atoms with E-state index in [-0.39, 0.29) is 0 Å². The fourth-order valence-corrected chi connectivity index (χ4v) is 8.84. The van der Waals surface area contributed by atoms with Gasteiger partial charge in [-0.3, -0.25) is 0 Å². The summed E-state index contributed by atoms with van der Waals surface area (Å²) in [5.74, 6) is 1.88. The molecule has 5 nitrogen and oxygen atoms in total. The van der Waals surface area contributed by atoms with Crippen LogP contribution in [0.15, 0.2) is 223 Å². The van der Waals surface area contributed by atoms with Gasteiger partial charge >= 0.3 is 0 Å². The summed E-state index contributed by atoms with van der Waals surface area (Å²) in [6, 6.07) is 76.5. The fourth-order valence-electron chi connectivity index (χ4n) is 8.84. The van der Waals surface area contributed by atoms with E-state index >= 15 is 0 Å². The Morgan fingerprint density at radius 3 is 1.63 bits per heavy atom. The minimum Gasteiger partial charge on any atom is -0.455 e. The molecule has 0 saturated carbocycles. The molecule has 0 bridgehead atoms. The number of nitrogens with zero attached hydrogens (tertiary/aromatic N) is 4. The lowest BCUT2D eigenvalue weighted by molar-refractivity contribution is 0.672. The van der Waals surface area contributed by atoms with Gasteiger partial charge in [0.25, 0.3) is 0 Å². The van der Waals surface area contributed by atoms with Crippen molar-refractivity contribution in [2.75, 3.05) is 4.90 Å². The SMILES string of the molecule is c1ccc(-c2nc(-c3ccc(-c4cc5c6ccccc6oc5c5c(N(c6ccccc6)c6ccc7ccccc7c6)cccc45)cc3)nc(-c3ccc4ccccc4c3)n2)cc1. The van der Waals surface area contributed by atoms with Crippen LogP contribution in [0.2, 0.25) is 0 Å². The number of hydrogen-bond donors (Lipinski definition) is 0. The van der Waals surface area contributed by atoms with Crippen LogP contribution < -0.4 is 4.90 Å². The lowest BCUT2D eigenvalue weighted by Gasteiger charge is -2.27. The zero-order valence-electron chi connectivity index (χ0n) is 33.5. The van der Waals surface area contributed by atoms with Crippen molar-refractivity contribution in [1.82, 2.24) is 15.0 Å². The summed E-state index contributed by atoms with van der Waals surface area (Å²) in [6.45, 7) is 0. The van der Waals surface area contributed by atoms with Crippen LogP contribution in [0.5, 0.6) is 0 Å². The topological polar surface area (TPSA) is 55.1 Å². The molecule has 0 fully saturated rings. The summed E-state index contributed by atoms with van der Waals surface area (Å²) < 4.78 is 6.84. The molecule has 0 atom stereocenters. The third-order valence-electron chi connectivity index (χ3n) is 11.9. The van der Waals surface area contributed by atoms with Gasteiger partial charge in [-0.05, 0) is 86.6 Å². The second kappa shape index (κ2) is 14.7. The summed E-state index contributed by atoms with van der Waals surface area (Å²) in [5.41, 5.74) is 9.84. The summed E-state index contributed by atoms with van der Waals surface area (Å²) in [7, 11) is 0. The number of benzene rings is 10. The van der Waals surface area contributed by atoms with E-state index in [0.717, 1.165) is 83.0 Å². The first-order valence-corrected chi connectivity index (χ1v) is 20.8. The van der Waals surface area contributed by atoms with Crippen molar-refractivity contribution in [2.24, 2.45) is 0 Å². The molecular formula is C57H36N4O. The van der Waals surface area contributed by atoms with Gasteiger partial charge in [0, 0.05) is 44.2 Å². The van der Waals surface area contributed by atoms with E-state index in [1.165, 1.54) is 16.2 Å². The predicted octanol–water partition coefficient (Wildman–Crippen LogP) is 15.4. The quantitative estimate of drug-likeness (QED) is 0.161. The first-order valence-electron chi connectivity index (χ1n) is 20.8. The maximum absolute atomic E-state index is 6.84. The zero-order chi connectivity index (χ0) is 41.0. The van der Waals surface area contributed by atoms with Crippen molar-refractivity contribution in [3.63, 3.8) is 0 Å². The van der Waals surface area contributed by atoms with E-state index < -0.39 is 0 Å². The van der Waals surface area contributed by atoms with Gasteiger partial charge in [-0.1, -0.05) is 170 Å². The molecule has 0 radical (unpaired) electrons. The highest BCUT2D eigenvalue weighted by atomic mass is 16.3. The number of anilines is 3.